The molecule has 0 radical (unpaired) electrons. The van der Waals surface area contributed by atoms with E-state index in [0.717, 1.165) is 12.2 Å². The predicted molar refractivity (Wildman–Crippen MR) is 24.6 cm³/mol. The standard InChI is InChI=1S/C2HNO3.CHNO/c4-1-3-2(5)6;2-1-3/h(H,5,6);2H. The molecular weight excluding hydrogens is 128 g/mol. The molecule has 0 spiro atoms. The van der Waals surface area contributed by atoms with Gasteiger partial charge in [0.2, 0.25) is 12.2 Å². The van der Waals surface area contributed by atoms with Crippen molar-refractivity contribution >= 4 is 18.3 Å². The van der Waals surface area contributed by atoms with E-state index in [1.165, 1.54) is 0 Å². The zero-order chi connectivity index (χ0) is 7.70. The zero-order valence-electron chi connectivity index (χ0n) is 4.12. The molecule has 0 bridgehead atoms. The van der Waals surface area contributed by atoms with Crippen LogP contribution in [0.1, 0.15) is 0 Å². The van der Waals surface area contributed by atoms with Crippen molar-refractivity contribution < 1.29 is 19.5 Å². The summed E-state index contributed by atoms with van der Waals surface area (Å²) >= 11 is 0. The molecule has 0 aliphatic carbocycles. The first kappa shape index (κ1) is 10.3. The lowest BCUT2D eigenvalue weighted by atomic mass is 11.2. The predicted octanol–water partition coefficient (Wildman–Crippen LogP) is -0.0988. The summed E-state index contributed by atoms with van der Waals surface area (Å²) in [7, 11) is 0. The molecule has 0 aliphatic rings. The first-order valence-corrected chi connectivity index (χ1v) is 1.53. The summed E-state index contributed by atoms with van der Waals surface area (Å²) in [4.78, 5) is 28.7. The number of carbonyl (C=O) groups is 1. The molecule has 0 aromatic heterocycles. The van der Waals surface area contributed by atoms with Gasteiger partial charge in [-0.3, -0.25) is 0 Å². The lowest BCUT2D eigenvalue weighted by Gasteiger charge is -1.62. The van der Waals surface area contributed by atoms with Gasteiger partial charge < -0.3 is 5.11 Å². The number of nitrogens with one attached hydrogen (secondary N) is 1. The van der Waals surface area contributed by atoms with Crippen LogP contribution in [0.3, 0.4) is 0 Å². The number of hydrogen-bond donors (Lipinski definition) is 2. The largest absolute Gasteiger partial charge is 0.463 e. The minimum absolute atomic E-state index is 0.750. The molecule has 0 fully saturated rings. The van der Waals surface area contributed by atoms with Gasteiger partial charge in [-0.15, -0.1) is 0 Å². The Bertz CT molecular complexity index is 163. The lowest BCUT2D eigenvalue weighted by Crippen LogP contribution is -1.80. The van der Waals surface area contributed by atoms with Crippen LogP contribution in [0.4, 0.5) is 4.79 Å². The number of aliphatic imine (C=N–C) groups is 1. The Labute approximate surface area is 49.3 Å². The van der Waals surface area contributed by atoms with Crippen LogP contribution in [0.5, 0.6) is 0 Å². The Morgan fingerprint density at radius 3 is 1.89 bits per heavy atom. The van der Waals surface area contributed by atoms with Crippen LogP contribution >= 0.6 is 0 Å². The van der Waals surface area contributed by atoms with E-state index >= 15 is 0 Å². The maximum Gasteiger partial charge on any atom is 0.442 e. The molecule has 48 valence electrons. The van der Waals surface area contributed by atoms with Gasteiger partial charge in [-0.2, -0.15) is 0 Å². The van der Waals surface area contributed by atoms with Gasteiger partial charge in [-0.25, -0.2) is 19.8 Å². The third-order valence-corrected chi connectivity index (χ3v) is 0.141. The van der Waals surface area contributed by atoms with Crippen molar-refractivity contribution in [3.05, 3.63) is 0 Å². The Balaban J connectivity index is 0. The fraction of sp³-hybridized carbons (Fsp3) is 0. The van der Waals surface area contributed by atoms with Gasteiger partial charge in [0.25, 0.3) is 0 Å². The van der Waals surface area contributed by atoms with E-state index in [1.54, 1.807) is 0 Å². The Morgan fingerprint density at radius 2 is 1.89 bits per heavy atom. The molecule has 0 aliphatic heterocycles. The van der Waals surface area contributed by atoms with Crippen molar-refractivity contribution in [3.63, 3.8) is 0 Å². The second-order valence-electron chi connectivity index (χ2n) is 0.588. The third-order valence-electron chi connectivity index (χ3n) is 0.141. The van der Waals surface area contributed by atoms with E-state index in [1.807, 2.05) is 0 Å². The highest BCUT2D eigenvalue weighted by Crippen LogP contribution is 1.60. The van der Waals surface area contributed by atoms with Gasteiger partial charge in [-0.05, 0) is 0 Å². The fourth-order valence-electron chi connectivity index (χ4n) is 0.0390. The van der Waals surface area contributed by atoms with Crippen LogP contribution in [-0.4, -0.2) is 23.4 Å². The van der Waals surface area contributed by atoms with Crippen LogP contribution in [0, 0.1) is 5.41 Å². The molecule has 9 heavy (non-hydrogen) atoms. The summed E-state index contributed by atoms with van der Waals surface area (Å²) in [6, 6.07) is 0. The molecule has 1 amide bonds. The number of hydrogen-bond acceptors (Lipinski definition) is 4. The van der Waals surface area contributed by atoms with Gasteiger partial charge >= 0.3 is 6.09 Å². The fourth-order valence-corrected chi connectivity index (χ4v) is 0.0390. The van der Waals surface area contributed by atoms with Gasteiger partial charge in [0.15, 0.2) is 0 Å². The maximum atomic E-state index is 9.17. The molecule has 6 nitrogen and oxygen atoms in total. The average Bonchev–Trinajstić information content (AvgIpc) is 1.67. The van der Waals surface area contributed by atoms with Crippen LogP contribution < -0.4 is 0 Å². The summed E-state index contributed by atoms with van der Waals surface area (Å²) in [6.45, 7) is 0. The molecule has 2 N–H and O–H groups in total. The van der Waals surface area contributed by atoms with Crippen molar-refractivity contribution in [3.8, 4) is 0 Å². The minimum atomic E-state index is -1.51. The highest BCUT2D eigenvalue weighted by molar-refractivity contribution is 5.71. The van der Waals surface area contributed by atoms with E-state index in [4.69, 9.17) is 20.1 Å². The Morgan fingerprint density at radius 1 is 1.56 bits per heavy atom. The molecule has 0 unspecified atom stereocenters. The number of amides is 1. The van der Waals surface area contributed by atoms with E-state index in [2.05, 4.69) is 4.99 Å². The topological polar surface area (TPSA) is 108 Å². The molecule has 6 heteroatoms. The smallest absolute Gasteiger partial charge is 0.442 e. The number of isocyanates is 2. The highest BCUT2D eigenvalue weighted by Gasteiger charge is 1.80. The average molecular weight is 130 g/mol. The third kappa shape index (κ3) is 73.7. The second kappa shape index (κ2) is 9.52. The van der Waals surface area contributed by atoms with Crippen molar-refractivity contribution in [1.29, 1.82) is 5.41 Å². The summed E-state index contributed by atoms with van der Waals surface area (Å²) in [5.41, 5.74) is 0. The van der Waals surface area contributed by atoms with Crippen molar-refractivity contribution in [2.45, 2.75) is 0 Å². The molecule has 0 heterocycles. The summed E-state index contributed by atoms with van der Waals surface area (Å²) in [5.74, 6) is 0. The summed E-state index contributed by atoms with van der Waals surface area (Å²) < 4.78 is 0. The normalized spacial score (nSPS) is 4.89. The number of nitrogens with zero attached hydrogens (tertiary/aromatic N) is 1. The quantitative estimate of drug-likeness (QED) is 0.352. The monoisotopic (exact) mass is 130 g/mol. The van der Waals surface area contributed by atoms with E-state index in [0.29, 0.717) is 0 Å². The van der Waals surface area contributed by atoms with E-state index < -0.39 is 6.09 Å². The molecule has 0 saturated carbocycles. The van der Waals surface area contributed by atoms with Crippen molar-refractivity contribution in [1.82, 2.24) is 0 Å². The Kier molecular flexibility index (Phi) is 10.9. The number of rotatable bonds is 0. The van der Waals surface area contributed by atoms with Gasteiger partial charge in [-0.1, -0.05) is 4.99 Å². The number of carboxylic acid groups (broad SMARTS) is 1. The van der Waals surface area contributed by atoms with Crippen LogP contribution in [0.2, 0.25) is 0 Å². The summed E-state index contributed by atoms with van der Waals surface area (Å²) in [5, 5.41) is 12.9. The van der Waals surface area contributed by atoms with E-state index in [9.17, 15) is 4.79 Å². The first-order valence-electron chi connectivity index (χ1n) is 1.53. The molecular formula is C3H2N2O4. The Hall–Kier alpha value is -1.77. The van der Waals surface area contributed by atoms with Crippen molar-refractivity contribution in [2.24, 2.45) is 4.99 Å². The minimum Gasteiger partial charge on any atom is -0.463 e. The molecule has 0 atom stereocenters. The zero-order valence-corrected chi connectivity index (χ0v) is 4.12. The maximum absolute atomic E-state index is 9.17. The van der Waals surface area contributed by atoms with Crippen molar-refractivity contribution in [2.75, 3.05) is 0 Å². The summed E-state index contributed by atoms with van der Waals surface area (Å²) in [6.07, 6.45) is 0.0833. The molecule has 0 aromatic carbocycles. The van der Waals surface area contributed by atoms with Gasteiger partial charge in [0.1, 0.15) is 0 Å². The number of carbonyl (C=O) groups excluding carboxylic acids is 2. The van der Waals surface area contributed by atoms with Gasteiger partial charge in [0.05, 0.1) is 0 Å². The lowest BCUT2D eigenvalue weighted by molar-refractivity contribution is 0.205. The van der Waals surface area contributed by atoms with Gasteiger partial charge in [0, 0.05) is 0 Å². The van der Waals surface area contributed by atoms with Crippen LogP contribution in [0.25, 0.3) is 0 Å². The first-order chi connectivity index (χ1) is 4.18. The molecule has 0 rings (SSSR count). The molecule has 0 saturated heterocycles. The highest BCUT2D eigenvalue weighted by atomic mass is 16.4. The second-order valence-corrected chi connectivity index (χ2v) is 0.588. The van der Waals surface area contributed by atoms with E-state index in [-0.39, 0.29) is 0 Å². The van der Waals surface area contributed by atoms with Crippen LogP contribution in [0.15, 0.2) is 4.99 Å². The SMILES string of the molecule is N=C=O.O=C=NC(=O)O. The van der Waals surface area contributed by atoms with Crippen LogP contribution in [-0.2, 0) is 9.59 Å². The molecule has 0 aromatic rings.